The third-order valence-electron chi connectivity index (χ3n) is 9.07. The van der Waals surface area contributed by atoms with E-state index in [1.165, 1.54) is 11.1 Å². The minimum atomic E-state index is -0.644. The smallest absolute Gasteiger partial charge is 0.319 e. The number of fused-ring (bicyclic) bond motifs is 1. The molecule has 4 atom stereocenters. The maximum atomic E-state index is 12.7. The van der Waals surface area contributed by atoms with E-state index in [1.807, 2.05) is 78.9 Å². The Balaban J connectivity index is 1.20. The molecule has 0 bridgehead atoms. The number of carbonyl (C=O) groups is 1. The molecular formula is C38H43N3O6. The minimum absolute atomic E-state index is 0.0124. The molecule has 2 amide bonds. The van der Waals surface area contributed by atoms with E-state index in [1.54, 1.807) is 14.2 Å². The quantitative estimate of drug-likeness (QED) is 0.186. The maximum absolute atomic E-state index is 12.7. The van der Waals surface area contributed by atoms with Crippen LogP contribution in [0.1, 0.15) is 52.7 Å². The van der Waals surface area contributed by atoms with Gasteiger partial charge in [0.25, 0.3) is 0 Å². The Hall–Kier alpha value is -4.41. The summed E-state index contributed by atoms with van der Waals surface area (Å²) in [6.45, 7) is 4.99. The molecule has 0 radical (unpaired) electrons. The standard InChI is InChI=1S/C38H43N3O6/c1-25-35(23-41-17-16-29-19-33(44-2)34(45-3)20-31(29)22-41)46-37(47-36(25)28-14-12-27(24-42)13-15-28)30-10-7-11-32(18-30)40-38(43)39-21-26-8-5-4-6-9-26/h4-15,18-20,25,35-37,42H,16-17,21-24H2,1-3H3,(H2,39,40,43). The number of urea groups is 1. The number of rotatable bonds is 10. The molecule has 2 aliphatic heterocycles. The van der Waals surface area contributed by atoms with Gasteiger partial charge in [-0.3, -0.25) is 4.90 Å². The van der Waals surface area contributed by atoms with E-state index in [2.05, 4.69) is 34.6 Å². The van der Waals surface area contributed by atoms with Gasteiger partial charge in [0.05, 0.1) is 33.0 Å². The van der Waals surface area contributed by atoms with Gasteiger partial charge in [0.15, 0.2) is 17.8 Å². The van der Waals surface area contributed by atoms with Gasteiger partial charge in [-0.05, 0) is 58.5 Å². The van der Waals surface area contributed by atoms with Crippen molar-refractivity contribution in [2.75, 3.05) is 32.6 Å². The Morgan fingerprint density at radius 3 is 2.34 bits per heavy atom. The Bertz CT molecular complexity index is 1650. The number of nitrogens with one attached hydrogen (secondary N) is 2. The predicted octanol–water partition coefficient (Wildman–Crippen LogP) is 6.37. The summed E-state index contributed by atoms with van der Waals surface area (Å²) in [5.41, 5.74) is 6.88. The summed E-state index contributed by atoms with van der Waals surface area (Å²) >= 11 is 0. The number of benzene rings is 4. The third kappa shape index (κ3) is 7.77. The number of anilines is 1. The molecule has 9 nitrogen and oxygen atoms in total. The first-order valence-corrected chi connectivity index (χ1v) is 16.1. The predicted molar refractivity (Wildman–Crippen MR) is 180 cm³/mol. The van der Waals surface area contributed by atoms with Crippen molar-refractivity contribution in [3.05, 3.63) is 124 Å². The van der Waals surface area contributed by atoms with Crippen molar-refractivity contribution >= 4 is 11.7 Å². The lowest BCUT2D eigenvalue weighted by Crippen LogP contribution is -2.45. The summed E-state index contributed by atoms with van der Waals surface area (Å²) in [5.74, 6) is 1.53. The van der Waals surface area contributed by atoms with Crippen LogP contribution in [0, 0.1) is 5.92 Å². The van der Waals surface area contributed by atoms with Crippen LogP contribution in [-0.2, 0) is 35.6 Å². The second kappa shape index (κ2) is 15.0. The fourth-order valence-electron chi connectivity index (χ4n) is 6.40. The molecule has 3 N–H and O–H groups in total. The van der Waals surface area contributed by atoms with E-state index in [4.69, 9.17) is 18.9 Å². The molecule has 1 saturated heterocycles. The van der Waals surface area contributed by atoms with Crippen LogP contribution in [0.25, 0.3) is 0 Å². The molecule has 1 fully saturated rings. The van der Waals surface area contributed by atoms with E-state index in [9.17, 15) is 9.90 Å². The number of methoxy groups -OCH3 is 2. The van der Waals surface area contributed by atoms with Crippen LogP contribution in [0.15, 0.2) is 91.0 Å². The van der Waals surface area contributed by atoms with Gasteiger partial charge >= 0.3 is 6.03 Å². The molecule has 0 spiro atoms. The summed E-state index contributed by atoms with van der Waals surface area (Å²) < 4.78 is 24.5. The molecule has 2 aliphatic rings. The third-order valence-corrected chi connectivity index (χ3v) is 9.07. The summed E-state index contributed by atoms with van der Waals surface area (Å²) in [5, 5.41) is 15.5. The van der Waals surface area contributed by atoms with E-state index in [0.717, 1.165) is 59.8 Å². The molecule has 4 unspecified atom stereocenters. The fourth-order valence-corrected chi connectivity index (χ4v) is 6.40. The average Bonchev–Trinajstić information content (AvgIpc) is 3.11. The van der Waals surface area contributed by atoms with Crippen molar-refractivity contribution in [2.24, 2.45) is 5.92 Å². The van der Waals surface area contributed by atoms with Crippen molar-refractivity contribution in [3.8, 4) is 11.5 Å². The van der Waals surface area contributed by atoms with Crippen LogP contribution in [-0.4, -0.2) is 49.5 Å². The Morgan fingerprint density at radius 1 is 0.872 bits per heavy atom. The van der Waals surface area contributed by atoms with Gasteiger partial charge in [-0.2, -0.15) is 0 Å². The number of aliphatic hydroxyl groups excluding tert-OH is 1. The van der Waals surface area contributed by atoms with E-state index in [-0.39, 0.29) is 30.8 Å². The normalized spacial score (nSPS) is 21.0. The van der Waals surface area contributed by atoms with Gasteiger partial charge in [-0.25, -0.2) is 4.79 Å². The Morgan fingerprint density at radius 2 is 1.62 bits per heavy atom. The second-order valence-corrected chi connectivity index (χ2v) is 12.2. The van der Waals surface area contributed by atoms with Gasteiger partial charge < -0.3 is 34.7 Å². The molecule has 246 valence electrons. The highest BCUT2D eigenvalue weighted by molar-refractivity contribution is 5.89. The van der Waals surface area contributed by atoms with Crippen molar-refractivity contribution in [1.29, 1.82) is 0 Å². The first kappa shape index (κ1) is 32.5. The molecule has 0 saturated carbocycles. The van der Waals surface area contributed by atoms with Crippen LogP contribution in [0.4, 0.5) is 10.5 Å². The number of hydrogen-bond donors (Lipinski definition) is 3. The van der Waals surface area contributed by atoms with Crippen LogP contribution in [0.3, 0.4) is 0 Å². The van der Waals surface area contributed by atoms with E-state index in [0.29, 0.717) is 12.2 Å². The monoisotopic (exact) mass is 637 g/mol. The van der Waals surface area contributed by atoms with Gasteiger partial charge in [0, 0.05) is 43.3 Å². The lowest BCUT2D eigenvalue weighted by molar-refractivity contribution is -0.276. The van der Waals surface area contributed by atoms with Crippen LogP contribution in [0.5, 0.6) is 11.5 Å². The van der Waals surface area contributed by atoms with Crippen LogP contribution < -0.4 is 20.1 Å². The zero-order chi connectivity index (χ0) is 32.8. The highest BCUT2D eigenvalue weighted by Crippen LogP contribution is 2.43. The summed E-state index contributed by atoms with van der Waals surface area (Å²) in [4.78, 5) is 15.1. The molecule has 47 heavy (non-hydrogen) atoms. The number of amides is 2. The minimum Gasteiger partial charge on any atom is -0.493 e. The molecule has 0 aliphatic carbocycles. The van der Waals surface area contributed by atoms with E-state index < -0.39 is 6.29 Å². The van der Waals surface area contributed by atoms with Crippen LogP contribution >= 0.6 is 0 Å². The molecular weight excluding hydrogens is 594 g/mol. The fraction of sp³-hybridized carbons (Fsp3) is 0.342. The van der Waals surface area contributed by atoms with Crippen molar-refractivity contribution in [2.45, 2.75) is 51.5 Å². The topological polar surface area (TPSA) is 102 Å². The lowest BCUT2D eigenvalue weighted by atomic mass is 9.89. The number of carbonyl (C=O) groups excluding carboxylic acids is 1. The van der Waals surface area contributed by atoms with Gasteiger partial charge in [0.1, 0.15) is 0 Å². The highest BCUT2D eigenvalue weighted by atomic mass is 16.7. The molecule has 4 aromatic rings. The lowest BCUT2D eigenvalue weighted by Gasteiger charge is -2.43. The SMILES string of the molecule is COc1cc2c(cc1OC)CN(CC1OC(c3cccc(NC(=O)NCc4ccccc4)c3)OC(c3ccc(CO)cc3)C1C)CC2. The zero-order valence-electron chi connectivity index (χ0n) is 27.1. The Labute approximate surface area is 276 Å². The van der Waals surface area contributed by atoms with Crippen molar-refractivity contribution in [1.82, 2.24) is 10.2 Å². The second-order valence-electron chi connectivity index (χ2n) is 12.2. The first-order valence-electron chi connectivity index (χ1n) is 16.1. The molecule has 9 heteroatoms. The van der Waals surface area contributed by atoms with Crippen molar-refractivity contribution < 1.29 is 28.8 Å². The zero-order valence-corrected chi connectivity index (χ0v) is 27.1. The van der Waals surface area contributed by atoms with Gasteiger partial charge in [-0.15, -0.1) is 0 Å². The van der Waals surface area contributed by atoms with Gasteiger partial charge in [-0.1, -0.05) is 73.7 Å². The number of aliphatic hydroxyl groups is 1. The molecule has 6 rings (SSSR count). The van der Waals surface area contributed by atoms with E-state index >= 15 is 0 Å². The van der Waals surface area contributed by atoms with Gasteiger partial charge in [0.2, 0.25) is 0 Å². The summed E-state index contributed by atoms with van der Waals surface area (Å²) in [6.07, 6.45) is -0.111. The number of ether oxygens (including phenoxy) is 4. The summed E-state index contributed by atoms with van der Waals surface area (Å²) in [7, 11) is 3.33. The average molecular weight is 638 g/mol. The van der Waals surface area contributed by atoms with Crippen molar-refractivity contribution in [3.63, 3.8) is 0 Å². The highest BCUT2D eigenvalue weighted by Gasteiger charge is 2.39. The Kier molecular flexibility index (Phi) is 10.4. The maximum Gasteiger partial charge on any atom is 0.319 e. The number of hydrogen-bond acceptors (Lipinski definition) is 7. The largest absolute Gasteiger partial charge is 0.493 e. The molecule has 0 aromatic heterocycles. The number of nitrogens with zero attached hydrogens (tertiary/aromatic N) is 1. The molecule has 4 aromatic carbocycles. The first-order chi connectivity index (χ1) is 22.9. The summed E-state index contributed by atoms with van der Waals surface area (Å²) in [6, 6.07) is 29.2. The van der Waals surface area contributed by atoms with Crippen LogP contribution in [0.2, 0.25) is 0 Å². The molecule has 2 heterocycles.